The molecule has 2 N–H and O–H groups in total. The van der Waals surface area contributed by atoms with Gasteiger partial charge in [-0.1, -0.05) is 19.8 Å². The van der Waals surface area contributed by atoms with Crippen LogP contribution < -0.4 is 5.32 Å². The number of aromatic nitrogens is 3. The maximum atomic E-state index is 11.9. The normalized spacial score (nSPS) is 22.1. The van der Waals surface area contributed by atoms with Crippen LogP contribution in [0.5, 0.6) is 0 Å². The largest absolute Gasteiger partial charge is 0.349 e. The van der Waals surface area contributed by atoms with Gasteiger partial charge in [0.2, 0.25) is 5.82 Å². The fourth-order valence-corrected chi connectivity index (χ4v) is 2.69. The molecule has 2 aliphatic carbocycles. The van der Waals surface area contributed by atoms with Crippen molar-refractivity contribution in [3.05, 3.63) is 11.6 Å². The van der Waals surface area contributed by atoms with Crippen molar-refractivity contribution in [3.8, 4) is 0 Å². The second-order valence-corrected chi connectivity index (χ2v) is 6.02. The summed E-state index contributed by atoms with van der Waals surface area (Å²) in [4.78, 5) is 16.2. The molecule has 5 nitrogen and oxygen atoms in total. The number of aromatic amines is 1. The second kappa shape index (κ2) is 4.37. The molecule has 3 rings (SSSR count). The molecule has 2 fully saturated rings. The number of nitrogens with zero attached hydrogens (tertiary/aromatic N) is 2. The summed E-state index contributed by atoms with van der Waals surface area (Å²) in [6.45, 7) is 2.98. The molecule has 1 aromatic heterocycles. The standard InChI is InChI=1S/C13H20N4O/c1-13(6-2-3-7-13)8-14-12(18)11-15-10(16-17-11)9-4-5-9/h9H,2-8H2,1H3,(H,14,18)(H,15,16,17). The van der Waals surface area contributed by atoms with E-state index in [1.165, 1.54) is 25.7 Å². The smallest absolute Gasteiger partial charge is 0.290 e. The lowest BCUT2D eigenvalue weighted by molar-refractivity contribution is 0.0924. The topological polar surface area (TPSA) is 70.7 Å². The third kappa shape index (κ3) is 2.40. The molecule has 0 aromatic carbocycles. The zero-order valence-corrected chi connectivity index (χ0v) is 10.8. The first-order chi connectivity index (χ1) is 8.66. The molecule has 0 saturated heterocycles. The molecule has 5 heteroatoms. The van der Waals surface area contributed by atoms with Crippen molar-refractivity contribution in [1.82, 2.24) is 20.5 Å². The molecule has 0 unspecified atom stereocenters. The summed E-state index contributed by atoms with van der Waals surface area (Å²) in [5.41, 5.74) is 0.269. The third-order valence-corrected chi connectivity index (χ3v) is 4.16. The molecule has 1 amide bonds. The number of rotatable bonds is 4. The lowest BCUT2D eigenvalue weighted by Crippen LogP contribution is -2.34. The molecule has 0 spiro atoms. The predicted molar refractivity (Wildman–Crippen MR) is 67.3 cm³/mol. The number of carbonyl (C=O) groups is 1. The minimum Gasteiger partial charge on any atom is -0.349 e. The van der Waals surface area contributed by atoms with E-state index in [4.69, 9.17) is 0 Å². The first kappa shape index (κ1) is 11.7. The Hall–Kier alpha value is -1.39. The van der Waals surface area contributed by atoms with Gasteiger partial charge in [0.1, 0.15) is 5.82 Å². The van der Waals surface area contributed by atoms with Gasteiger partial charge in [0.25, 0.3) is 5.91 Å². The van der Waals surface area contributed by atoms with Gasteiger partial charge < -0.3 is 5.32 Å². The van der Waals surface area contributed by atoms with Gasteiger partial charge >= 0.3 is 0 Å². The first-order valence-corrected chi connectivity index (χ1v) is 6.87. The number of carbonyl (C=O) groups excluding carboxylic acids is 1. The Morgan fingerprint density at radius 3 is 2.83 bits per heavy atom. The van der Waals surface area contributed by atoms with Crippen LogP contribution in [0.15, 0.2) is 0 Å². The lowest BCUT2D eigenvalue weighted by atomic mass is 9.89. The van der Waals surface area contributed by atoms with Gasteiger partial charge in [0.15, 0.2) is 0 Å². The number of nitrogens with one attached hydrogen (secondary N) is 2. The number of hydrogen-bond acceptors (Lipinski definition) is 3. The highest BCUT2D eigenvalue weighted by atomic mass is 16.2. The van der Waals surface area contributed by atoms with E-state index in [-0.39, 0.29) is 11.3 Å². The minimum absolute atomic E-state index is 0.147. The van der Waals surface area contributed by atoms with E-state index in [0.29, 0.717) is 11.7 Å². The summed E-state index contributed by atoms with van der Waals surface area (Å²) in [6, 6.07) is 0. The number of amides is 1. The fraction of sp³-hybridized carbons (Fsp3) is 0.769. The van der Waals surface area contributed by atoms with Crippen molar-refractivity contribution in [3.63, 3.8) is 0 Å². The lowest BCUT2D eigenvalue weighted by Gasteiger charge is -2.23. The predicted octanol–water partition coefficient (Wildman–Crippen LogP) is 1.99. The van der Waals surface area contributed by atoms with Crippen LogP contribution in [0.3, 0.4) is 0 Å². The van der Waals surface area contributed by atoms with Crippen molar-refractivity contribution < 1.29 is 4.79 Å². The summed E-state index contributed by atoms with van der Waals surface area (Å²) >= 11 is 0. The van der Waals surface area contributed by atoms with E-state index in [9.17, 15) is 4.79 Å². The van der Waals surface area contributed by atoms with Gasteiger partial charge in [-0.15, -0.1) is 5.10 Å². The quantitative estimate of drug-likeness (QED) is 0.856. The van der Waals surface area contributed by atoms with E-state index in [2.05, 4.69) is 27.4 Å². The molecule has 0 radical (unpaired) electrons. The van der Waals surface area contributed by atoms with Crippen LogP contribution >= 0.6 is 0 Å². The zero-order chi connectivity index (χ0) is 12.6. The van der Waals surface area contributed by atoms with Gasteiger partial charge in [0.05, 0.1) is 0 Å². The highest BCUT2D eigenvalue weighted by Crippen LogP contribution is 2.38. The Morgan fingerprint density at radius 2 is 2.17 bits per heavy atom. The van der Waals surface area contributed by atoms with Crippen LogP contribution in [0.25, 0.3) is 0 Å². The molecule has 18 heavy (non-hydrogen) atoms. The molecule has 0 bridgehead atoms. The highest BCUT2D eigenvalue weighted by molar-refractivity contribution is 5.90. The Morgan fingerprint density at radius 1 is 1.44 bits per heavy atom. The van der Waals surface area contributed by atoms with Crippen molar-refractivity contribution >= 4 is 5.91 Å². The molecule has 0 atom stereocenters. The summed E-state index contributed by atoms with van der Waals surface area (Å²) < 4.78 is 0. The summed E-state index contributed by atoms with van der Waals surface area (Å²) in [5.74, 6) is 1.52. The first-order valence-electron chi connectivity index (χ1n) is 6.87. The third-order valence-electron chi connectivity index (χ3n) is 4.16. The zero-order valence-electron chi connectivity index (χ0n) is 10.8. The van der Waals surface area contributed by atoms with Crippen molar-refractivity contribution in [2.75, 3.05) is 6.54 Å². The van der Waals surface area contributed by atoms with Crippen LogP contribution in [0.2, 0.25) is 0 Å². The van der Waals surface area contributed by atoms with Gasteiger partial charge in [0, 0.05) is 12.5 Å². The summed E-state index contributed by atoms with van der Waals surface area (Å²) in [7, 11) is 0. The van der Waals surface area contributed by atoms with E-state index in [1.807, 2.05) is 0 Å². The monoisotopic (exact) mass is 248 g/mol. The van der Waals surface area contributed by atoms with Gasteiger partial charge in [-0.2, -0.15) is 0 Å². The van der Waals surface area contributed by atoms with E-state index in [0.717, 1.165) is 25.2 Å². The highest BCUT2D eigenvalue weighted by Gasteiger charge is 2.30. The second-order valence-electron chi connectivity index (χ2n) is 6.02. The van der Waals surface area contributed by atoms with Gasteiger partial charge in [-0.3, -0.25) is 9.89 Å². The van der Waals surface area contributed by atoms with E-state index in [1.54, 1.807) is 0 Å². The molecular formula is C13H20N4O. The summed E-state index contributed by atoms with van der Waals surface area (Å²) in [6.07, 6.45) is 7.28. The molecule has 98 valence electrons. The Labute approximate surface area is 107 Å². The van der Waals surface area contributed by atoms with E-state index >= 15 is 0 Å². The fourth-order valence-electron chi connectivity index (χ4n) is 2.69. The van der Waals surface area contributed by atoms with Crippen molar-refractivity contribution in [2.24, 2.45) is 5.41 Å². The van der Waals surface area contributed by atoms with Crippen molar-refractivity contribution in [2.45, 2.75) is 51.4 Å². The van der Waals surface area contributed by atoms with Crippen LogP contribution in [0.4, 0.5) is 0 Å². The van der Waals surface area contributed by atoms with Crippen molar-refractivity contribution in [1.29, 1.82) is 0 Å². The average Bonchev–Trinajstić information content (AvgIpc) is 2.93. The Bertz CT molecular complexity index is 444. The van der Waals surface area contributed by atoms with Crippen LogP contribution in [0.1, 0.15) is 67.8 Å². The minimum atomic E-state index is -0.147. The average molecular weight is 248 g/mol. The maximum absolute atomic E-state index is 11.9. The number of hydrogen-bond donors (Lipinski definition) is 2. The molecule has 2 saturated carbocycles. The maximum Gasteiger partial charge on any atom is 0.290 e. The summed E-state index contributed by atoms with van der Waals surface area (Å²) in [5, 5.41) is 9.83. The molecular weight excluding hydrogens is 228 g/mol. The molecule has 1 aromatic rings. The van der Waals surface area contributed by atoms with Crippen LogP contribution in [-0.4, -0.2) is 27.6 Å². The van der Waals surface area contributed by atoms with Gasteiger partial charge in [-0.25, -0.2) is 4.98 Å². The number of H-pyrrole nitrogens is 1. The molecule has 2 aliphatic rings. The molecule has 1 heterocycles. The molecule has 0 aliphatic heterocycles. The Balaban J connectivity index is 1.56. The van der Waals surface area contributed by atoms with Crippen LogP contribution in [-0.2, 0) is 0 Å². The Kier molecular flexibility index (Phi) is 2.84. The van der Waals surface area contributed by atoms with Crippen LogP contribution in [0, 0.1) is 5.41 Å². The van der Waals surface area contributed by atoms with E-state index < -0.39 is 0 Å². The SMILES string of the molecule is CC1(CNC(=O)c2n[nH]c(C3CC3)n2)CCCC1. The van der Waals surface area contributed by atoms with Gasteiger partial charge in [-0.05, 0) is 31.1 Å².